The molecule has 0 radical (unpaired) electrons. The van der Waals surface area contributed by atoms with E-state index < -0.39 is 26.2 Å². The third kappa shape index (κ3) is 5.00. The van der Waals surface area contributed by atoms with Crippen molar-refractivity contribution in [1.82, 2.24) is 10.2 Å². The van der Waals surface area contributed by atoms with Crippen LogP contribution >= 0.6 is 11.3 Å². The average Bonchev–Trinajstić information content (AvgIpc) is 2.77. The zero-order valence-corrected chi connectivity index (χ0v) is 15.7. The number of aromatic nitrogens is 2. The van der Waals surface area contributed by atoms with Gasteiger partial charge in [-0.3, -0.25) is 4.21 Å². The molecule has 20 heavy (non-hydrogen) atoms. The van der Waals surface area contributed by atoms with Crippen molar-refractivity contribution in [1.29, 1.82) is 0 Å². The van der Waals surface area contributed by atoms with Gasteiger partial charge >= 0.3 is 29.6 Å². The van der Waals surface area contributed by atoms with E-state index in [2.05, 4.69) is 15.5 Å². The summed E-state index contributed by atoms with van der Waals surface area (Å²) in [7, 11) is -5.41. The first-order valence-corrected chi connectivity index (χ1v) is 9.59. The van der Waals surface area contributed by atoms with Crippen molar-refractivity contribution < 1.29 is 46.7 Å². The van der Waals surface area contributed by atoms with E-state index in [4.69, 9.17) is 0 Å². The molecule has 7 nitrogen and oxygen atoms in total. The van der Waals surface area contributed by atoms with E-state index in [0.717, 1.165) is 6.42 Å². The molecule has 0 spiro atoms. The van der Waals surface area contributed by atoms with E-state index in [1.54, 1.807) is 0 Å². The molecular formula is C9H14N3NaO4S3. The molecule has 1 saturated carbocycles. The molecule has 0 saturated heterocycles. The normalized spacial score (nSPS) is 24.7. The summed E-state index contributed by atoms with van der Waals surface area (Å²) in [6.45, 7) is 0. The number of nitrogens with zero attached hydrogens (tertiary/aromatic N) is 2. The summed E-state index contributed by atoms with van der Waals surface area (Å²) < 4.78 is 44.7. The molecule has 1 aromatic heterocycles. The van der Waals surface area contributed by atoms with E-state index in [1.807, 2.05) is 0 Å². The first kappa shape index (κ1) is 18.5. The van der Waals surface area contributed by atoms with Crippen LogP contribution in [-0.2, 0) is 20.9 Å². The Morgan fingerprint density at radius 3 is 2.65 bits per heavy atom. The van der Waals surface area contributed by atoms with Crippen LogP contribution in [-0.4, -0.2) is 44.9 Å². The second-order valence-electron chi connectivity index (χ2n) is 4.45. The molecule has 1 aromatic rings. The Hall–Kier alpha value is 0.420. The molecule has 11 heteroatoms. The summed E-state index contributed by atoms with van der Waals surface area (Å²) in [6.07, 6.45) is 3.70. The molecule has 1 fully saturated rings. The topological polar surface area (TPSA) is 112 Å². The van der Waals surface area contributed by atoms with Crippen LogP contribution in [0.15, 0.2) is 4.34 Å². The fraction of sp³-hybridized carbons (Fsp3) is 0.778. The predicted octanol–water partition coefficient (Wildman–Crippen LogP) is -2.45. The van der Waals surface area contributed by atoms with Crippen LogP contribution < -0.4 is 34.9 Å². The predicted molar refractivity (Wildman–Crippen MR) is 71.6 cm³/mol. The van der Waals surface area contributed by atoms with E-state index >= 15 is 0 Å². The maximum Gasteiger partial charge on any atom is 1.00 e. The quantitative estimate of drug-likeness (QED) is 0.475. The molecule has 1 aliphatic rings. The van der Waals surface area contributed by atoms with Crippen LogP contribution in [0.1, 0.15) is 25.7 Å². The summed E-state index contributed by atoms with van der Waals surface area (Å²) in [5.41, 5.74) is 0. The number of nitrogens with one attached hydrogen (secondary N) is 1. The van der Waals surface area contributed by atoms with Crippen molar-refractivity contribution in [3.05, 3.63) is 0 Å². The zero-order valence-electron chi connectivity index (χ0n) is 11.2. The Morgan fingerprint density at radius 1 is 1.40 bits per heavy atom. The van der Waals surface area contributed by atoms with Crippen LogP contribution in [0.25, 0.3) is 0 Å². The number of hydrogen-bond acceptors (Lipinski definition) is 8. The second kappa shape index (κ2) is 7.61. The van der Waals surface area contributed by atoms with Gasteiger partial charge in [0.1, 0.15) is 0 Å². The zero-order chi connectivity index (χ0) is 14.0. The molecule has 1 aliphatic carbocycles. The molecular weight excluding hydrogens is 333 g/mol. The van der Waals surface area contributed by atoms with E-state index in [0.29, 0.717) is 22.3 Å². The van der Waals surface area contributed by atoms with Crippen molar-refractivity contribution in [2.24, 2.45) is 0 Å². The Morgan fingerprint density at radius 2 is 2.10 bits per heavy atom. The van der Waals surface area contributed by atoms with Crippen molar-refractivity contribution in [2.75, 3.05) is 11.6 Å². The van der Waals surface area contributed by atoms with Gasteiger partial charge in [0.15, 0.2) is 0 Å². The number of hydrogen-bond donors (Lipinski definition) is 1. The molecule has 1 heterocycles. The summed E-state index contributed by atoms with van der Waals surface area (Å²) >= 11 is 1.18. The van der Waals surface area contributed by atoms with Crippen molar-refractivity contribution >= 4 is 37.4 Å². The molecule has 0 aliphatic heterocycles. The maximum absolute atomic E-state index is 11.2. The number of anilines is 1. The second-order valence-corrected chi connectivity index (χ2v) is 8.63. The first-order chi connectivity index (χ1) is 8.86. The van der Waals surface area contributed by atoms with Gasteiger partial charge in [-0.2, -0.15) is 0 Å². The summed E-state index contributed by atoms with van der Waals surface area (Å²) in [6, 6.07) is -0.103. The molecule has 1 N–H and O–H groups in total. The molecule has 0 bridgehead atoms. The summed E-state index contributed by atoms with van der Waals surface area (Å²) in [5, 5.41) is 10.4. The first-order valence-electron chi connectivity index (χ1n) is 5.74. The van der Waals surface area contributed by atoms with Gasteiger partial charge in [-0.1, -0.05) is 17.8 Å². The molecule has 3 unspecified atom stereocenters. The maximum atomic E-state index is 11.2. The summed E-state index contributed by atoms with van der Waals surface area (Å²) in [4.78, 5) is 0. The van der Waals surface area contributed by atoms with Gasteiger partial charge in [-0.25, -0.2) is 8.42 Å². The molecule has 108 valence electrons. The third-order valence-corrected chi connectivity index (χ3v) is 6.44. The van der Waals surface area contributed by atoms with Crippen LogP contribution in [0.4, 0.5) is 5.13 Å². The van der Waals surface area contributed by atoms with Gasteiger partial charge in [0.2, 0.25) is 9.47 Å². The third-order valence-electron chi connectivity index (χ3n) is 3.01. The monoisotopic (exact) mass is 347 g/mol. The molecule has 0 aromatic carbocycles. The Balaban J connectivity index is 0.00000200. The van der Waals surface area contributed by atoms with Crippen molar-refractivity contribution in [2.45, 2.75) is 41.3 Å². The van der Waals surface area contributed by atoms with Crippen LogP contribution in [0.3, 0.4) is 0 Å². The van der Waals surface area contributed by atoms with Crippen LogP contribution in [0.2, 0.25) is 0 Å². The van der Waals surface area contributed by atoms with Crippen LogP contribution in [0.5, 0.6) is 0 Å². The van der Waals surface area contributed by atoms with E-state index in [1.165, 1.54) is 17.6 Å². The Kier molecular flexibility index (Phi) is 7.03. The van der Waals surface area contributed by atoms with Gasteiger partial charge in [-0.05, 0) is 19.3 Å². The Labute approximate surface area is 146 Å². The molecule has 2 rings (SSSR count). The Bertz CT molecular complexity index is 577. The van der Waals surface area contributed by atoms with Gasteiger partial charge in [-0.15, -0.1) is 10.2 Å². The minimum absolute atomic E-state index is 0. The summed E-state index contributed by atoms with van der Waals surface area (Å²) in [5.74, 6) is 0. The SMILES string of the molecule is CS(=O)c1nnc(NC2CCCC(S(=O)(=O)[O-])C2)s1.[Na+]. The number of rotatable bonds is 4. The van der Waals surface area contributed by atoms with Crippen molar-refractivity contribution in [3.8, 4) is 0 Å². The fourth-order valence-corrected chi connectivity index (χ4v) is 4.44. The van der Waals surface area contributed by atoms with Crippen molar-refractivity contribution in [3.63, 3.8) is 0 Å². The van der Waals surface area contributed by atoms with Gasteiger partial charge in [0.25, 0.3) is 0 Å². The van der Waals surface area contributed by atoms with Gasteiger partial charge in [0, 0.05) is 12.3 Å². The van der Waals surface area contributed by atoms with E-state index in [9.17, 15) is 17.2 Å². The van der Waals surface area contributed by atoms with Gasteiger partial charge in [0.05, 0.1) is 26.2 Å². The smallest absolute Gasteiger partial charge is 0.748 e. The average molecular weight is 347 g/mol. The van der Waals surface area contributed by atoms with E-state index in [-0.39, 0.29) is 42.0 Å². The minimum Gasteiger partial charge on any atom is -0.748 e. The van der Waals surface area contributed by atoms with Gasteiger partial charge < -0.3 is 9.87 Å². The van der Waals surface area contributed by atoms with Crippen LogP contribution in [0, 0.1) is 0 Å². The molecule has 3 atom stereocenters. The largest absolute Gasteiger partial charge is 1.00 e. The minimum atomic E-state index is -4.23. The molecule has 0 amide bonds. The standard InChI is InChI=1S/C9H15N3O4S3.Na/c1-18(13)9-12-11-8(17-9)10-6-3-2-4-7(5-6)19(14,15)16;/h6-7H,2-5H2,1H3,(H,10,11)(H,14,15,16);/q;+1/p-1. The fourth-order valence-electron chi connectivity index (χ4n) is 2.10.